The number of nitrogens with zero attached hydrogens (tertiary/aromatic N) is 3. The number of benzene rings is 1. The van der Waals surface area contributed by atoms with Crippen molar-refractivity contribution in [3.8, 4) is 21.1 Å². The largest absolute Gasteiger partial charge is 0.296 e. The van der Waals surface area contributed by atoms with Gasteiger partial charge in [-0.1, -0.05) is 17.7 Å². The van der Waals surface area contributed by atoms with Gasteiger partial charge in [-0.15, -0.1) is 23.7 Å². The maximum absolute atomic E-state index is 11.4. The fourth-order valence-corrected chi connectivity index (χ4v) is 3.76. The molecule has 0 saturated heterocycles. The van der Waals surface area contributed by atoms with Crippen molar-refractivity contribution in [2.45, 2.75) is 6.92 Å². The predicted octanol–water partition coefficient (Wildman–Crippen LogP) is 4.94. The van der Waals surface area contributed by atoms with Crippen molar-refractivity contribution in [3.63, 3.8) is 0 Å². The van der Waals surface area contributed by atoms with Crippen molar-refractivity contribution >= 4 is 52.5 Å². The number of pyridine rings is 1. The van der Waals surface area contributed by atoms with Crippen LogP contribution in [0.4, 0.5) is 0 Å². The van der Waals surface area contributed by atoms with Crippen LogP contribution in [-0.4, -0.2) is 26.5 Å². The van der Waals surface area contributed by atoms with Crippen molar-refractivity contribution in [2.75, 3.05) is 0 Å². The monoisotopic (exact) mass is 390 g/mol. The second kappa shape index (κ2) is 6.92. The third-order valence-electron chi connectivity index (χ3n) is 3.82. The molecule has 3 aromatic heterocycles. The van der Waals surface area contributed by atoms with E-state index in [1.807, 2.05) is 31.2 Å². The number of hydrogen-bond donors (Lipinski definition) is 1. The molecular formula is C17H12Cl2N4OS. The van der Waals surface area contributed by atoms with E-state index >= 15 is 0 Å². The quantitative estimate of drug-likeness (QED) is 0.502. The molecule has 0 aliphatic heterocycles. The summed E-state index contributed by atoms with van der Waals surface area (Å²) in [7, 11) is 0. The van der Waals surface area contributed by atoms with Gasteiger partial charge in [0.15, 0.2) is 6.29 Å². The highest BCUT2D eigenvalue weighted by molar-refractivity contribution is 7.18. The van der Waals surface area contributed by atoms with Gasteiger partial charge in [0.05, 0.1) is 10.4 Å². The lowest BCUT2D eigenvalue weighted by molar-refractivity contribution is 0.112. The van der Waals surface area contributed by atoms with Gasteiger partial charge in [0.1, 0.15) is 16.4 Å². The molecule has 3 heterocycles. The van der Waals surface area contributed by atoms with Crippen molar-refractivity contribution in [1.82, 2.24) is 20.2 Å². The SMILES string of the molecule is Cc1c(Cl)ccc2c(-c3nc(C=O)c(-c4cccnc4)s3)n[nH]c12.Cl. The number of rotatable bonds is 3. The summed E-state index contributed by atoms with van der Waals surface area (Å²) in [5.41, 5.74) is 3.79. The van der Waals surface area contributed by atoms with E-state index in [2.05, 4.69) is 20.2 Å². The molecule has 0 saturated carbocycles. The molecule has 1 N–H and O–H groups in total. The van der Waals surface area contributed by atoms with Gasteiger partial charge in [-0.3, -0.25) is 14.9 Å². The van der Waals surface area contributed by atoms with Crippen LogP contribution in [0.3, 0.4) is 0 Å². The number of thiazole rings is 1. The molecule has 8 heteroatoms. The molecule has 5 nitrogen and oxygen atoms in total. The minimum Gasteiger partial charge on any atom is -0.296 e. The van der Waals surface area contributed by atoms with Gasteiger partial charge in [0, 0.05) is 28.4 Å². The topological polar surface area (TPSA) is 71.5 Å². The van der Waals surface area contributed by atoms with Crippen LogP contribution in [0.15, 0.2) is 36.7 Å². The molecular weight excluding hydrogens is 379 g/mol. The highest BCUT2D eigenvalue weighted by atomic mass is 35.5. The zero-order valence-electron chi connectivity index (χ0n) is 13.0. The zero-order valence-corrected chi connectivity index (χ0v) is 15.4. The number of carbonyl (C=O) groups excluding carboxylic acids is 1. The van der Waals surface area contributed by atoms with Crippen molar-refractivity contribution < 1.29 is 4.79 Å². The summed E-state index contributed by atoms with van der Waals surface area (Å²) in [5, 5.41) is 9.69. The van der Waals surface area contributed by atoms with Crippen LogP contribution in [-0.2, 0) is 0 Å². The minimum atomic E-state index is 0. The lowest BCUT2D eigenvalue weighted by Gasteiger charge is -1.98. The van der Waals surface area contributed by atoms with Gasteiger partial charge in [-0.25, -0.2) is 4.98 Å². The van der Waals surface area contributed by atoms with Crippen LogP contribution in [0, 0.1) is 6.92 Å². The van der Waals surface area contributed by atoms with E-state index in [1.54, 1.807) is 12.4 Å². The van der Waals surface area contributed by atoms with E-state index in [-0.39, 0.29) is 12.4 Å². The van der Waals surface area contributed by atoms with Gasteiger partial charge in [0.25, 0.3) is 0 Å². The Bertz CT molecular complexity index is 1060. The van der Waals surface area contributed by atoms with Gasteiger partial charge in [0.2, 0.25) is 0 Å². The number of halogens is 2. The molecule has 0 unspecified atom stereocenters. The first-order valence-corrected chi connectivity index (χ1v) is 8.38. The average Bonchev–Trinajstić information content (AvgIpc) is 3.23. The molecule has 0 amide bonds. The maximum atomic E-state index is 11.4. The normalized spacial score (nSPS) is 10.6. The van der Waals surface area contributed by atoms with Crippen LogP contribution < -0.4 is 0 Å². The first kappa shape index (κ1) is 17.5. The van der Waals surface area contributed by atoms with Gasteiger partial charge in [-0.05, 0) is 30.7 Å². The molecule has 0 spiro atoms. The molecule has 0 radical (unpaired) electrons. The van der Waals surface area contributed by atoms with Crippen molar-refractivity contribution in [3.05, 3.63) is 52.9 Å². The Balaban J connectivity index is 0.00000182. The first-order chi connectivity index (χ1) is 11.7. The highest BCUT2D eigenvalue weighted by Crippen LogP contribution is 2.37. The number of H-pyrrole nitrogens is 1. The number of aldehydes is 1. The fraction of sp³-hybridized carbons (Fsp3) is 0.0588. The summed E-state index contributed by atoms with van der Waals surface area (Å²) in [6, 6.07) is 7.49. The average molecular weight is 391 g/mol. The second-order valence-electron chi connectivity index (χ2n) is 5.26. The molecule has 0 bridgehead atoms. The number of hydrogen-bond acceptors (Lipinski definition) is 5. The van der Waals surface area contributed by atoms with Crippen molar-refractivity contribution in [2.24, 2.45) is 0 Å². The summed E-state index contributed by atoms with van der Waals surface area (Å²) >= 11 is 7.58. The van der Waals surface area contributed by atoms with Crippen LogP contribution >= 0.6 is 35.3 Å². The minimum absolute atomic E-state index is 0. The van der Waals surface area contributed by atoms with Crippen LogP contribution in [0.1, 0.15) is 16.1 Å². The van der Waals surface area contributed by atoms with E-state index < -0.39 is 0 Å². The highest BCUT2D eigenvalue weighted by Gasteiger charge is 2.18. The molecule has 126 valence electrons. The number of fused-ring (bicyclic) bond motifs is 1. The summed E-state index contributed by atoms with van der Waals surface area (Å²) in [6.07, 6.45) is 4.18. The number of aryl methyl sites for hydroxylation is 1. The van der Waals surface area contributed by atoms with E-state index in [1.165, 1.54) is 11.3 Å². The second-order valence-corrected chi connectivity index (χ2v) is 6.67. The molecule has 0 fully saturated rings. The summed E-state index contributed by atoms with van der Waals surface area (Å²) < 4.78 is 0. The third-order valence-corrected chi connectivity index (χ3v) is 5.36. The lowest BCUT2D eigenvalue weighted by Crippen LogP contribution is -1.85. The van der Waals surface area contributed by atoms with E-state index in [0.29, 0.717) is 21.4 Å². The molecule has 0 aliphatic carbocycles. The molecule has 1 aromatic carbocycles. The van der Waals surface area contributed by atoms with Gasteiger partial charge < -0.3 is 0 Å². The van der Waals surface area contributed by atoms with E-state index in [0.717, 1.165) is 33.2 Å². The molecule has 25 heavy (non-hydrogen) atoms. The zero-order chi connectivity index (χ0) is 16.7. The van der Waals surface area contributed by atoms with Crippen LogP contribution in [0.2, 0.25) is 5.02 Å². The number of carbonyl (C=O) groups is 1. The van der Waals surface area contributed by atoms with Gasteiger partial charge in [-0.2, -0.15) is 5.10 Å². The molecule has 0 aliphatic rings. The molecule has 0 atom stereocenters. The fourth-order valence-electron chi connectivity index (χ4n) is 2.58. The maximum Gasteiger partial charge on any atom is 0.169 e. The van der Waals surface area contributed by atoms with Crippen molar-refractivity contribution in [1.29, 1.82) is 0 Å². The smallest absolute Gasteiger partial charge is 0.169 e. The summed E-state index contributed by atoms with van der Waals surface area (Å²) in [6.45, 7) is 1.94. The van der Waals surface area contributed by atoms with E-state index in [4.69, 9.17) is 11.6 Å². The number of nitrogens with one attached hydrogen (secondary N) is 1. The summed E-state index contributed by atoms with van der Waals surface area (Å²) in [5.74, 6) is 0. The number of aromatic nitrogens is 4. The first-order valence-electron chi connectivity index (χ1n) is 7.19. The Hall–Kier alpha value is -2.28. The van der Waals surface area contributed by atoms with E-state index in [9.17, 15) is 4.79 Å². The van der Waals surface area contributed by atoms with Crippen LogP contribution in [0.25, 0.3) is 32.0 Å². The molecule has 4 rings (SSSR count). The Morgan fingerprint density at radius 1 is 1.28 bits per heavy atom. The Kier molecular flexibility index (Phi) is 4.85. The summed E-state index contributed by atoms with van der Waals surface area (Å²) in [4.78, 5) is 20.8. The Morgan fingerprint density at radius 2 is 2.12 bits per heavy atom. The third kappa shape index (κ3) is 2.93. The number of aromatic amines is 1. The standard InChI is InChI=1S/C17H11ClN4OS.ClH/c1-9-12(18)5-4-11-14(9)21-22-15(11)17-20-13(8-23)16(24-17)10-3-2-6-19-7-10;/h2-8H,1H3,(H,21,22);1H. The van der Waals surface area contributed by atoms with Crippen LogP contribution in [0.5, 0.6) is 0 Å². The molecule has 4 aromatic rings. The van der Waals surface area contributed by atoms with Gasteiger partial charge >= 0.3 is 0 Å². The predicted molar refractivity (Wildman–Crippen MR) is 103 cm³/mol. The lowest BCUT2D eigenvalue weighted by atomic mass is 10.1. The Morgan fingerprint density at radius 3 is 2.84 bits per heavy atom. The Labute approximate surface area is 158 Å².